The minimum atomic E-state index is 0.554. The molecule has 0 aromatic carbocycles. The van der Waals surface area contributed by atoms with E-state index in [-0.39, 0.29) is 0 Å². The van der Waals surface area contributed by atoms with E-state index in [0.29, 0.717) is 16.2 Å². The second-order valence-corrected chi connectivity index (χ2v) is 12.2. The quantitative estimate of drug-likeness (QED) is 0.373. The first-order valence-corrected chi connectivity index (χ1v) is 13.8. The van der Waals surface area contributed by atoms with Crippen LogP contribution in [-0.4, -0.2) is 0 Å². The fraction of sp³-hybridized carbons (Fsp3) is 0.933. The molecule has 0 saturated heterocycles. The van der Waals surface area contributed by atoms with Crippen molar-refractivity contribution in [3.05, 3.63) is 12.2 Å². The Morgan fingerprint density at radius 1 is 0.667 bits per heavy atom. The SMILES string of the molecule is C=C(C)C1CCCC2C3CCC4CCC(C)(C)CCC4(C)C3CCC12C.CC.CC. The van der Waals surface area contributed by atoms with Gasteiger partial charge in [0.25, 0.3) is 0 Å². The van der Waals surface area contributed by atoms with Crippen molar-refractivity contribution in [2.24, 2.45) is 45.8 Å². The summed E-state index contributed by atoms with van der Waals surface area (Å²) in [5, 5.41) is 0. The molecule has 4 aliphatic rings. The van der Waals surface area contributed by atoms with Crippen LogP contribution in [-0.2, 0) is 0 Å². The Morgan fingerprint density at radius 3 is 1.93 bits per heavy atom. The highest BCUT2D eigenvalue weighted by atomic mass is 14.6. The van der Waals surface area contributed by atoms with Gasteiger partial charge in [0.1, 0.15) is 0 Å². The maximum atomic E-state index is 4.43. The molecular formula is C30H56. The number of allylic oxidation sites excluding steroid dienone is 1. The van der Waals surface area contributed by atoms with Crippen molar-refractivity contribution < 1.29 is 0 Å². The molecule has 0 bridgehead atoms. The molecule has 0 heterocycles. The number of rotatable bonds is 1. The van der Waals surface area contributed by atoms with E-state index in [1.54, 1.807) is 0 Å². The van der Waals surface area contributed by atoms with E-state index in [1.807, 2.05) is 27.7 Å². The first-order chi connectivity index (χ1) is 14.2. The minimum Gasteiger partial charge on any atom is -0.0998 e. The molecule has 176 valence electrons. The molecule has 0 amide bonds. The molecule has 0 radical (unpaired) electrons. The zero-order valence-corrected chi connectivity index (χ0v) is 22.4. The zero-order valence-electron chi connectivity index (χ0n) is 22.4. The molecule has 4 aliphatic carbocycles. The Kier molecular flexibility index (Phi) is 8.77. The van der Waals surface area contributed by atoms with E-state index in [2.05, 4.69) is 41.2 Å². The summed E-state index contributed by atoms with van der Waals surface area (Å²) in [5.41, 5.74) is 3.24. The topological polar surface area (TPSA) is 0 Å². The largest absolute Gasteiger partial charge is 0.0998 e. The number of hydrogen-bond donors (Lipinski definition) is 0. The van der Waals surface area contributed by atoms with Crippen LogP contribution in [0.15, 0.2) is 12.2 Å². The van der Waals surface area contributed by atoms with Crippen LogP contribution in [0.3, 0.4) is 0 Å². The van der Waals surface area contributed by atoms with Crippen LogP contribution in [0.25, 0.3) is 0 Å². The van der Waals surface area contributed by atoms with Crippen molar-refractivity contribution >= 4 is 0 Å². The third-order valence-electron chi connectivity index (χ3n) is 10.4. The molecule has 0 aromatic rings. The van der Waals surface area contributed by atoms with Crippen molar-refractivity contribution in [3.8, 4) is 0 Å². The van der Waals surface area contributed by atoms with Crippen LogP contribution in [0.1, 0.15) is 133 Å². The smallest absolute Gasteiger partial charge is 0.0152 e. The van der Waals surface area contributed by atoms with Gasteiger partial charge in [0.05, 0.1) is 0 Å². The molecule has 0 spiro atoms. The highest BCUT2D eigenvalue weighted by Gasteiger charge is 2.58. The molecule has 7 unspecified atom stereocenters. The van der Waals surface area contributed by atoms with Crippen LogP contribution < -0.4 is 0 Å². The summed E-state index contributed by atoms with van der Waals surface area (Å²) < 4.78 is 0. The summed E-state index contributed by atoms with van der Waals surface area (Å²) in [6, 6.07) is 0. The Balaban J connectivity index is 0.000000757. The second kappa shape index (κ2) is 10.1. The number of hydrogen-bond acceptors (Lipinski definition) is 0. The van der Waals surface area contributed by atoms with E-state index in [4.69, 9.17) is 0 Å². The predicted octanol–water partition coefficient (Wildman–Crippen LogP) is 10.1. The lowest BCUT2D eigenvalue weighted by Gasteiger charge is -2.63. The van der Waals surface area contributed by atoms with E-state index in [9.17, 15) is 0 Å². The summed E-state index contributed by atoms with van der Waals surface area (Å²) in [7, 11) is 0. The summed E-state index contributed by atoms with van der Waals surface area (Å²) in [4.78, 5) is 0. The van der Waals surface area contributed by atoms with E-state index >= 15 is 0 Å². The second-order valence-electron chi connectivity index (χ2n) is 12.2. The van der Waals surface area contributed by atoms with Gasteiger partial charge in [-0.3, -0.25) is 0 Å². The lowest BCUT2D eigenvalue weighted by atomic mass is 9.42. The summed E-state index contributed by atoms with van der Waals surface area (Å²) >= 11 is 0. The average molecular weight is 417 g/mol. The Bertz CT molecular complexity index is 556. The molecule has 0 nitrogen and oxygen atoms in total. The molecule has 30 heavy (non-hydrogen) atoms. The van der Waals surface area contributed by atoms with Gasteiger partial charge in [0, 0.05) is 0 Å². The van der Waals surface area contributed by atoms with Crippen molar-refractivity contribution in [2.75, 3.05) is 0 Å². The van der Waals surface area contributed by atoms with Crippen LogP contribution in [0.4, 0.5) is 0 Å². The highest BCUT2D eigenvalue weighted by Crippen LogP contribution is 2.67. The van der Waals surface area contributed by atoms with Crippen LogP contribution in [0, 0.1) is 45.8 Å². The molecule has 4 saturated carbocycles. The van der Waals surface area contributed by atoms with Gasteiger partial charge < -0.3 is 0 Å². The van der Waals surface area contributed by atoms with Crippen LogP contribution >= 0.6 is 0 Å². The van der Waals surface area contributed by atoms with E-state index < -0.39 is 0 Å². The van der Waals surface area contributed by atoms with Crippen molar-refractivity contribution in [3.63, 3.8) is 0 Å². The monoisotopic (exact) mass is 416 g/mol. The summed E-state index contributed by atoms with van der Waals surface area (Å²) in [5.74, 6) is 4.80. The first kappa shape index (κ1) is 26.0. The third kappa shape index (κ3) is 4.59. The molecule has 4 rings (SSSR count). The summed E-state index contributed by atoms with van der Waals surface area (Å²) in [6.45, 7) is 25.2. The molecular weight excluding hydrogens is 360 g/mol. The molecule has 0 heteroatoms. The van der Waals surface area contributed by atoms with Gasteiger partial charge in [-0.2, -0.15) is 0 Å². The Labute approximate surface area is 191 Å². The zero-order chi connectivity index (χ0) is 22.7. The summed E-state index contributed by atoms with van der Waals surface area (Å²) in [6.07, 6.45) is 16.3. The molecule has 0 N–H and O–H groups in total. The Morgan fingerprint density at radius 2 is 1.30 bits per heavy atom. The van der Waals surface area contributed by atoms with Gasteiger partial charge in [-0.15, -0.1) is 0 Å². The van der Waals surface area contributed by atoms with Crippen LogP contribution in [0.2, 0.25) is 0 Å². The molecule has 4 fully saturated rings. The average Bonchev–Trinajstić information content (AvgIpc) is 2.85. The maximum Gasteiger partial charge on any atom is -0.0152 e. The van der Waals surface area contributed by atoms with E-state index in [0.717, 1.165) is 29.6 Å². The maximum absolute atomic E-state index is 4.43. The lowest BCUT2D eigenvalue weighted by Crippen LogP contribution is -2.55. The van der Waals surface area contributed by atoms with Crippen molar-refractivity contribution in [2.45, 2.75) is 133 Å². The minimum absolute atomic E-state index is 0.554. The lowest BCUT2D eigenvalue weighted by molar-refractivity contribution is -0.126. The van der Waals surface area contributed by atoms with Gasteiger partial charge in [-0.05, 0) is 117 Å². The van der Waals surface area contributed by atoms with Gasteiger partial charge >= 0.3 is 0 Å². The van der Waals surface area contributed by atoms with Crippen molar-refractivity contribution in [1.29, 1.82) is 0 Å². The third-order valence-corrected chi connectivity index (χ3v) is 10.4. The fourth-order valence-corrected chi connectivity index (χ4v) is 8.70. The van der Waals surface area contributed by atoms with Crippen molar-refractivity contribution in [1.82, 2.24) is 0 Å². The number of fused-ring (bicyclic) bond motifs is 5. The predicted molar refractivity (Wildman–Crippen MR) is 136 cm³/mol. The first-order valence-electron chi connectivity index (χ1n) is 13.8. The Hall–Kier alpha value is -0.260. The highest BCUT2D eigenvalue weighted by molar-refractivity contribution is 5.13. The van der Waals surface area contributed by atoms with Gasteiger partial charge in [-0.1, -0.05) is 74.0 Å². The molecule has 0 aromatic heterocycles. The van der Waals surface area contributed by atoms with Gasteiger partial charge in [0.15, 0.2) is 0 Å². The van der Waals surface area contributed by atoms with Gasteiger partial charge in [-0.25, -0.2) is 0 Å². The standard InChI is InChI=1S/C26H44.2C2H6/c1-18(2)21-8-7-9-22-20-11-10-19-12-14-24(3,4)16-17-25(19,5)23(20)13-15-26(21,22)6;2*1-2/h19-23H,1,7-17H2,2-6H3;2*1-2H3. The van der Waals surface area contributed by atoms with E-state index in [1.165, 1.54) is 76.2 Å². The normalized spacial score (nSPS) is 44.4. The molecule has 0 aliphatic heterocycles. The van der Waals surface area contributed by atoms with Gasteiger partial charge in [0.2, 0.25) is 0 Å². The fourth-order valence-electron chi connectivity index (χ4n) is 8.70. The van der Waals surface area contributed by atoms with Crippen LogP contribution in [0.5, 0.6) is 0 Å². The molecule has 7 atom stereocenters.